The molecule has 2 heterocycles. The monoisotopic (exact) mass is 433 g/mol. The number of hydrogen-bond donors (Lipinski definition) is 1. The summed E-state index contributed by atoms with van der Waals surface area (Å²) in [7, 11) is 0. The molecule has 1 amide bonds. The third kappa shape index (κ3) is 6.20. The summed E-state index contributed by atoms with van der Waals surface area (Å²) in [4.78, 5) is 21.0. The maximum atomic E-state index is 12.7. The van der Waals surface area contributed by atoms with Crippen LogP contribution in [0.4, 0.5) is 0 Å². The number of aromatic nitrogens is 2. The molecule has 1 N–H and O–H groups in total. The molecule has 0 radical (unpaired) electrons. The first-order valence-electron chi connectivity index (χ1n) is 10.9. The van der Waals surface area contributed by atoms with E-state index in [-0.39, 0.29) is 5.91 Å². The minimum atomic E-state index is -0.194. The van der Waals surface area contributed by atoms with Gasteiger partial charge in [0.25, 0.3) is 5.91 Å². The second-order valence-corrected chi connectivity index (χ2v) is 7.68. The van der Waals surface area contributed by atoms with E-state index in [2.05, 4.69) is 15.3 Å². The Balaban J connectivity index is 1.33. The Bertz CT molecular complexity index is 1020. The zero-order valence-electron chi connectivity index (χ0n) is 18.1. The second-order valence-electron chi connectivity index (χ2n) is 7.68. The number of ether oxygens (including phenoxy) is 3. The van der Waals surface area contributed by atoms with Crippen LogP contribution in [0.15, 0.2) is 61.1 Å². The predicted molar refractivity (Wildman–Crippen MR) is 120 cm³/mol. The number of rotatable bonds is 11. The summed E-state index contributed by atoms with van der Waals surface area (Å²) in [5.41, 5.74) is 2.41. The van der Waals surface area contributed by atoms with E-state index < -0.39 is 0 Å². The van der Waals surface area contributed by atoms with Crippen LogP contribution in [0.1, 0.15) is 41.3 Å². The fourth-order valence-electron chi connectivity index (χ4n) is 3.05. The van der Waals surface area contributed by atoms with E-state index >= 15 is 0 Å². The van der Waals surface area contributed by atoms with Crippen molar-refractivity contribution in [2.24, 2.45) is 5.92 Å². The molecule has 7 nitrogen and oxygen atoms in total. The Labute approximate surface area is 187 Å². The molecule has 1 fully saturated rings. The number of carbonyl (C=O) groups excluding carboxylic acids is 1. The Morgan fingerprint density at radius 2 is 1.84 bits per heavy atom. The van der Waals surface area contributed by atoms with Crippen LogP contribution in [0.2, 0.25) is 0 Å². The van der Waals surface area contributed by atoms with E-state index in [1.807, 2.05) is 31.2 Å². The molecule has 0 atom stereocenters. The van der Waals surface area contributed by atoms with Crippen LogP contribution >= 0.6 is 0 Å². The Hall–Kier alpha value is -3.61. The van der Waals surface area contributed by atoms with Crippen molar-refractivity contribution >= 4 is 5.91 Å². The van der Waals surface area contributed by atoms with Gasteiger partial charge in [-0.05, 0) is 67.1 Å². The molecule has 7 heteroatoms. The number of amides is 1. The molecular weight excluding hydrogens is 406 g/mol. The van der Waals surface area contributed by atoms with Gasteiger partial charge in [0.15, 0.2) is 11.5 Å². The van der Waals surface area contributed by atoms with Crippen molar-refractivity contribution in [3.8, 4) is 17.4 Å². The van der Waals surface area contributed by atoms with E-state index in [1.54, 1.807) is 36.8 Å². The summed E-state index contributed by atoms with van der Waals surface area (Å²) >= 11 is 0. The van der Waals surface area contributed by atoms with E-state index in [4.69, 9.17) is 14.2 Å². The quantitative estimate of drug-likeness (QED) is 0.489. The molecule has 166 valence electrons. The van der Waals surface area contributed by atoms with Gasteiger partial charge in [0, 0.05) is 36.8 Å². The topological polar surface area (TPSA) is 82.6 Å². The fourth-order valence-corrected chi connectivity index (χ4v) is 3.05. The molecule has 0 aliphatic heterocycles. The van der Waals surface area contributed by atoms with Crippen LogP contribution in [0.25, 0.3) is 0 Å². The molecule has 1 aliphatic rings. The summed E-state index contributed by atoms with van der Waals surface area (Å²) in [6.45, 7) is 3.86. The fraction of sp³-hybridized carbons (Fsp3) is 0.320. The van der Waals surface area contributed by atoms with Gasteiger partial charge in [-0.2, -0.15) is 0 Å². The summed E-state index contributed by atoms with van der Waals surface area (Å²) in [5.74, 6) is 2.24. The van der Waals surface area contributed by atoms with Gasteiger partial charge in [-0.25, -0.2) is 4.98 Å². The lowest BCUT2D eigenvalue weighted by atomic mass is 10.1. The van der Waals surface area contributed by atoms with Crippen molar-refractivity contribution in [3.63, 3.8) is 0 Å². The minimum absolute atomic E-state index is 0.194. The normalized spacial score (nSPS) is 12.8. The highest BCUT2D eigenvalue weighted by atomic mass is 16.5. The Morgan fingerprint density at radius 3 is 2.56 bits per heavy atom. The highest BCUT2D eigenvalue weighted by Crippen LogP contribution is 2.30. The summed E-state index contributed by atoms with van der Waals surface area (Å²) in [6.07, 6.45) is 7.66. The van der Waals surface area contributed by atoms with Crippen LogP contribution in [0.3, 0.4) is 0 Å². The van der Waals surface area contributed by atoms with Gasteiger partial charge in [0.2, 0.25) is 5.88 Å². The van der Waals surface area contributed by atoms with Gasteiger partial charge < -0.3 is 19.5 Å². The Kier molecular flexibility index (Phi) is 7.17. The van der Waals surface area contributed by atoms with Crippen molar-refractivity contribution < 1.29 is 19.0 Å². The maximum Gasteiger partial charge on any atom is 0.251 e. The van der Waals surface area contributed by atoms with Crippen LogP contribution in [0.5, 0.6) is 17.4 Å². The van der Waals surface area contributed by atoms with Crippen LogP contribution in [0, 0.1) is 5.92 Å². The summed E-state index contributed by atoms with van der Waals surface area (Å²) in [6, 6.07) is 12.7. The zero-order valence-corrected chi connectivity index (χ0v) is 18.1. The van der Waals surface area contributed by atoms with Crippen LogP contribution < -0.4 is 19.5 Å². The highest BCUT2D eigenvalue weighted by molar-refractivity contribution is 5.94. The zero-order chi connectivity index (χ0) is 22.2. The molecule has 1 saturated carbocycles. The summed E-state index contributed by atoms with van der Waals surface area (Å²) in [5, 5.41) is 2.92. The number of nitrogens with zero attached hydrogens (tertiary/aromatic N) is 2. The largest absolute Gasteiger partial charge is 0.490 e. The van der Waals surface area contributed by atoms with Gasteiger partial charge in [-0.3, -0.25) is 9.78 Å². The lowest BCUT2D eigenvalue weighted by Gasteiger charge is -2.13. The van der Waals surface area contributed by atoms with Gasteiger partial charge in [-0.1, -0.05) is 6.07 Å². The van der Waals surface area contributed by atoms with Crippen molar-refractivity contribution in [3.05, 3.63) is 77.7 Å². The van der Waals surface area contributed by atoms with Gasteiger partial charge >= 0.3 is 0 Å². The lowest BCUT2D eigenvalue weighted by Crippen LogP contribution is -2.23. The molecular formula is C25H27N3O4. The molecule has 1 aliphatic carbocycles. The van der Waals surface area contributed by atoms with E-state index in [9.17, 15) is 4.79 Å². The molecule has 1 aromatic carbocycles. The van der Waals surface area contributed by atoms with Gasteiger partial charge in [0.1, 0.15) is 6.61 Å². The first-order chi connectivity index (χ1) is 15.7. The standard InChI is InChI=1S/C25H27N3O4/c1-2-30-23-13-21(6-7-22(23)31-16-19-9-11-26-12-10-19)25(29)28-15-20-5-8-24(27-14-20)32-17-18-3-4-18/h5-14,18H,2-4,15-17H2,1H3,(H,28,29). The third-order valence-electron chi connectivity index (χ3n) is 5.06. The number of benzene rings is 1. The second kappa shape index (κ2) is 10.6. The molecule has 0 bridgehead atoms. The van der Waals surface area contributed by atoms with E-state index in [0.29, 0.717) is 48.6 Å². The van der Waals surface area contributed by atoms with Crippen molar-refractivity contribution in [2.75, 3.05) is 13.2 Å². The van der Waals surface area contributed by atoms with E-state index in [1.165, 1.54) is 12.8 Å². The van der Waals surface area contributed by atoms with Crippen molar-refractivity contribution in [2.45, 2.75) is 32.9 Å². The predicted octanol–water partition coefficient (Wildman–Crippen LogP) is 4.17. The van der Waals surface area contributed by atoms with E-state index in [0.717, 1.165) is 17.7 Å². The smallest absolute Gasteiger partial charge is 0.251 e. The first kappa shape index (κ1) is 21.6. The Morgan fingerprint density at radius 1 is 1.00 bits per heavy atom. The molecule has 2 aromatic heterocycles. The molecule has 0 spiro atoms. The number of carbonyl (C=O) groups is 1. The number of nitrogens with one attached hydrogen (secondary N) is 1. The average Bonchev–Trinajstić information content (AvgIpc) is 3.66. The van der Waals surface area contributed by atoms with Crippen LogP contribution in [-0.4, -0.2) is 29.1 Å². The number of pyridine rings is 2. The summed E-state index contributed by atoms with van der Waals surface area (Å²) < 4.78 is 17.2. The molecule has 32 heavy (non-hydrogen) atoms. The third-order valence-corrected chi connectivity index (χ3v) is 5.06. The average molecular weight is 434 g/mol. The number of hydrogen-bond acceptors (Lipinski definition) is 6. The lowest BCUT2D eigenvalue weighted by molar-refractivity contribution is 0.0950. The SMILES string of the molecule is CCOc1cc(C(=O)NCc2ccc(OCC3CC3)nc2)ccc1OCc1ccncc1. The molecule has 4 rings (SSSR count). The maximum absolute atomic E-state index is 12.7. The van der Waals surface area contributed by atoms with Crippen LogP contribution in [-0.2, 0) is 13.2 Å². The molecule has 0 saturated heterocycles. The molecule has 3 aromatic rings. The first-order valence-corrected chi connectivity index (χ1v) is 10.9. The molecule has 0 unspecified atom stereocenters. The van der Waals surface area contributed by atoms with Crippen molar-refractivity contribution in [1.82, 2.24) is 15.3 Å². The minimum Gasteiger partial charge on any atom is -0.490 e. The van der Waals surface area contributed by atoms with Gasteiger partial charge in [0.05, 0.1) is 13.2 Å². The van der Waals surface area contributed by atoms with Gasteiger partial charge in [-0.15, -0.1) is 0 Å². The highest BCUT2D eigenvalue weighted by Gasteiger charge is 2.22. The van der Waals surface area contributed by atoms with Crippen molar-refractivity contribution in [1.29, 1.82) is 0 Å².